The fraction of sp³-hybridized carbons (Fsp3) is 0.400. The summed E-state index contributed by atoms with van der Waals surface area (Å²) < 4.78 is 13.3. The van der Waals surface area contributed by atoms with Gasteiger partial charge in [0, 0.05) is 18.4 Å². The molecule has 0 saturated heterocycles. The number of benzene rings is 1. The molecule has 0 bridgehead atoms. The van der Waals surface area contributed by atoms with Gasteiger partial charge in [-0.1, -0.05) is 31.0 Å². The normalized spacial score (nSPS) is 16.1. The van der Waals surface area contributed by atoms with Crippen molar-refractivity contribution in [1.82, 2.24) is 15.2 Å². The number of amides is 1. The molecule has 1 aromatic heterocycles. The summed E-state index contributed by atoms with van der Waals surface area (Å²) in [6.45, 7) is 0.285. The zero-order valence-corrected chi connectivity index (χ0v) is 14.5. The van der Waals surface area contributed by atoms with Gasteiger partial charge < -0.3 is 5.32 Å². The van der Waals surface area contributed by atoms with Gasteiger partial charge >= 0.3 is 0 Å². The number of aromatic nitrogens is 1. The highest BCUT2D eigenvalue weighted by Crippen LogP contribution is 2.27. The van der Waals surface area contributed by atoms with E-state index in [4.69, 9.17) is 0 Å². The van der Waals surface area contributed by atoms with Crippen LogP contribution in [0.25, 0.3) is 0 Å². The molecule has 1 aliphatic carbocycles. The summed E-state index contributed by atoms with van der Waals surface area (Å²) in [4.78, 5) is 18.6. The van der Waals surface area contributed by atoms with Crippen LogP contribution in [0.1, 0.15) is 42.9 Å². The number of pyridine rings is 1. The lowest BCUT2D eigenvalue weighted by Gasteiger charge is -2.28. The maximum absolute atomic E-state index is 13.3. The van der Waals surface area contributed by atoms with Gasteiger partial charge in [-0.25, -0.2) is 4.39 Å². The van der Waals surface area contributed by atoms with Crippen LogP contribution in [0, 0.1) is 5.82 Å². The summed E-state index contributed by atoms with van der Waals surface area (Å²) in [6, 6.07) is 10.4. The first-order valence-corrected chi connectivity index (χ1v) is 8.78. The van der Waals surface area contributed by atoms with Crippen molar-refractivity contribution in [2.24, 2.45) is 0 Å². The lowest BCUT2D eigenvalue weighted by molar-refractivity contribution is -0.123. The molecule has 1 aliphatic rings. The molecule has 0 radical (unpaired) electrons. The molecule has 1 N–H and O–H groups in total. The first kappa shape index (κ1) is 17.5. The van der Waals surface area contributed by atoms with Crippen molar-refractivity contribution in [3.05, 3.63) is 65.7 Å². The van der Waals surface area contributed by atoms with Crippen LogP contribution in [-0.2, 0) is 4.79 Å². The Balaban J connectivity index is 1.76. The molecule has 1 atom stereocenters. The van der Waals surface area contributed by atoms with Gasteiger partial charge in [0.2, 0.25) is 5.91 Å². The molecule has 5 heteroatoms. The largest absolute Gasteiger partial charge is 0.352 e. The quantitative estimate of drug-likeness (QED) is 0.877. The molecule has 3 rings (SSSR count). The lowest BCUT2D eigenvalue weighted by Crippen LogP contribution is -2.41. The molecule has 0 unspecified atom stereocenters. The highest BCUT2D eigenvalue weighted by Gasteiger charge is 2.23. The van der Waals surface area contributed by atoms with Crippen molar-refractivity contribution in [2.75, 3.05) is 13.6 Å². The average Bonchev–Trinajstić information content (AvgIpc) is 3.10. The second-order valence-corrected chi connectivity index (χ2v) is 6.70. The third-order valence-corrected chi connectivity index (χ3v) is 4.74. The van der Waals surface area contributed by atoms with E-state index in [0.717, 1.165) is 24.0 Å². The molecule has 1 heterocycles. The van der Waals surface area contributed by atoms with Crippen molar-refractivity contribution in [2.45, 2.75) is 37.8 Å². The number of hydrogen-bond acceptors (Lipinski definition) is 3. The van der Waals surface area contributed by atoms with Gasteiger partial charge in [-0.15, -0.1) is 0 Å². The number of carbonyl (C=O) groups excluding carboxylic acids is 1. The fourth-order valence-electron chi connectivity index (χ4n) is 3.55. The Labute approximate surface area is 148 Å². The van der Waals surface area contributed by atoms with E-state index in [2.05, 4.69) is 10.3 Å². The zero-order chi connectivity index (χ0) is 17.6. The average molecular weight is 341 g/mol. The number of nitrogens with one attached hydrogen (secondary N) is 1. The number of halogens is 1. The molecular formula is C20H24FN3O. The standard InChI is InChI=1S/C20H24FN3O/c1-24(14-19(25)23-18-6-2-3-7-18)20(16-5-4-12-22-13-16)15-8-10-17(21)11-9-15/h4-5,8-13,18,20H,2-3,6-7,14H2,1H3,(H,23,25)/t20-/m0/s1. The molecule has 2 aromatic rings. The van der Waals surface area contributed by atoms with Gasteiger partial charge in [0.05, 0.1) is 12.6 Å². The Kier molecular flexibility index (Phi) is 5.76. The summed E-state index contributed by atoms with van der Waals surface area (Å²) in [5.74, 6) is -0.235. The lowest BCUT2D eigenvalue weighted by atomic mass is 9.98. The maximum Gasteiger partial charge on any atom is 0.234 e. The predicted molar refractivity (Wildman–Crippen MR) is 95.5 cm³/mol. The first-order chi connectivity index (χ1) is 12.1. The summed E-state index contributed by atoms with van der Waals surface area (Å²) in [7, 11) is 1.91. The Morgan fingerprint density at radius 2 is 1.96 bits per heavy atom. The molecule has 25 heavy (non-hydrogen) atoms. The van der Waals surface area contributed by atoms with E-state index in [0.29, 0.717) is 6.04 Å². The van der Waals surface area contributed by atoms with Crippen molar-refractivity contribution < 1.29 is 9.18 Å². The highest BCUT2D eigenvalue weighted by molar-refractivity contribution is 5.78. The summed E-state index contributed by atoms with van der Waals surface area (Å²) >= 11 is 0. The monoisotopic (exact) mass is 341 g/mol. The van der Waals surface area contributed by atoms with E-state index >= 15 is 0 Å². The number of rotatable bonds is 6. The van der Waals surface area contributed by atoms with Gasteiger partial charge in [0.1, 0.15) is 5.82 Å². The first-order valence-electron chi connectivity index (χ1n) is 8.78. The van der Waals surface area contributed by atoms with Crippen LogP contribution in [0.4, 0.5) is 4.39 Å². The van der Waals surface area contributed by atoms with Crippen molar-refractivity contribution >= 4 is 5.91 Å². The second kappa shape index (κ2) is 8.21. The van der Waals surface area contributed by atoms with Crippen molar-refractivity contribution in [3.63, 3.8) is 0 Å². The number of hydrogen-bond donors (Lipinski definition) is 1. The van der Waals surface area contributed by atoms with Gasteiger partial charge in [-0.3, -0.25) is 14.7 Å². The minimum Gasteiger partial charge on any atom is -0.352 e. The van der Waals surface area contributed by atoms with Crippen molar-refractivity contribution in [3.8, 4) is 0 Å². The Morgan fingerprint density at radius 3 is 2.60 bits per heavy atom. The zero-order valence-electron chi connectivity index (χ0n) is 14.5. The van der Waals surface area contributed by atoms with Crippen LogP contribution in [0.3, 0.4) is 0 Å². The molecular weight excluding hydrogens is 317 g/mol. The van der Waals surface area contributed by atoms with Crippen molar-refractivity contribution in [1.29, 1.82) is 0 Å². The van der Waals surface area contributed by atoms with Crippen LogP contribution >= 0.6 is 0 Å². The minimum atomic E-state index is -0.268. The molecule has 0 spiro atoms. The molecule has 1 aromatic carbocycles. The second-order valence-electron chi connectivity index (χ2n) is 6.70. The topological polar surface area (TPSA) is 45.2 Å². The molecule has 0 aliphatic heterocycles. The van der Waals surface area contributed by atoms with Crippen LogP contribution < -0.4 is 5.32 Å². The van der Waals surface area contributed by atoms with Gasteiger partial charge in [0.15, 0.2) is 0 Å². The van der Waals surface area contributed by atoms with Crippen LogP contribution in [0.15, 0.2) is 48.8 Å². The number of likely N-dealkylation sites (N-methyl/N-ethyl adjacent to an activating group) is 1. The van der Waals surface area contributed by atoms with Gasteiger partial charge in [-0.2, -0.15) is 0 Å². The predicted octanol–water partition coefficient (Wildman–Crippen LogP) is 3.30. The minimum absolute atomic E-state index is 0.0328. The van der Waals surface area contributed by atoms with E-state index in [1.807, 2.05) is 24.1 Å². The summed E-state index contributed by atoms with van der Waals surface area (Å²) in [5.41, 5.74) is 1.91. The third-order valence-electron chi connectivity index (χ3n) is 4.74. The summed E-state index contributed by atoms with van der Waals surface area (Å²) in [6.07, 6.45) is 8.03. The molecule has 4 nitrogen and oxygen atoms in total. The fourth-order valence-corrected chi connectivity index (χ4v) is 3.55. The highest BCUT2D eigenvalue weighted by atomic mass is 19.1. The Bertz CT molecular complexity index is 684. The Hall–Kier alpha value is -2.27. The molecule has 132 valence electrons. The van der Waals surface area contributed by atoms with Gasteiger partial charge in [0.25, 0.3) is 0 Å². The smallest absolute Gasteiger partial charge is 0.234 e. The number of carbonyl (C=O) groups is 1. The van der Waals surface area contributed by atoms with E-state index in [1.165, 1.54) is 25.0 Å². The SMILES string of the molecule is CN(CC(=O)NC1CCCC1)[C@@H](c1ccc(F)cc1)c1cccnc1. The third kappa shape index (κ3) is 4.63. The van der Waals surface area contributed by atoms with Crippen LogP contribution in [0.5, 0.6) is 0 Å². The number of nitrogens with zero attached hydrogens (tertiary/aromatic N) is 2. The van der Waals surface area contributed by atoms with E-state index in [1.54, 1.807) is 24.5 Å². The molecule has 1 amide bonds. The van der Waals surface area contributed by atoms with E-state index in [-0.39, 0.29) is 24.3 Å². The summed E-state index contributed by atoms with van der Waals surface area (Å²) in [5, 5.41) is 3.12. The molecule has 1 fully saturated rings. The van der Waals surface area contributed by atoms with Gasteiger partial charge in [-0.05, 0) is 49.2 Å². The van der Waals surface area contributed by atoms with E-state index in [9.17, 15) is 9.18 Å². The maximum atomic E-state index is 13.3. The molecule has 1 saturated carbocycles. The Morgan fingerprint density at radius 1 is 1.24 bits per heavy atom. The van der Waals surface area contributed by atoms with Crippen LogP contribution in [0.2, 0.25) is 0 Å². The van der Waals surface area contributed by atoms with Crippen LogP contribution in [-0.4, -0.2) is 35.4 Å². The van der Waals surface area contributed by atoms with E-state index < -0.39 is 0 Å².